The van der Waals surface area contributed by atoms with E-state index in [0.29, 0.717) is 27.8 Å². The summed E-state index contributed by atoms with van der Waals surface area (Å²) in [5.41, 5.74) is 7.03. The minimum absolute atomic E-state index is 0.302. The first kappa shape index (κ1) is 22.6. The molecule has 2 aromatic carbocycles. The predicted molar refractivity (Wildman–Crippen MR) is 123 cm³/mol. The van der Waals surface area contributed by atoms with Crippen LogP contribution >= 0.6 is 23.2 Å². The minimum atomic E-state index is -0.391. The molecule has 3 rings (SSSR count). The second-order valence-electron chi connectivity index (χ2n) is 6.76. The highest BCUT2D eigenvalue weighted by Crippen LogP contribution is 2.23. The van der Waals surface area contributed by atoms with Crippen molar-refractivity contribution in [2.45, 2.75) is 20.8 Å². The topological polar surface area (TPSA) is 72.7 Å². The van der Waals surface area contributed by atoms with E-state index >= 15 is 0 Å². The highest BCUT2D eigenvalue weighted by Gasteiger charge is 2.12. The highest BCUT2D eigenvalue weighted by atomic mass is 35.5. The number of rotatable bonds is 6. The normalized spacial score (nSPS) is 11.0. The molecule has 0 unspecified atom stereocenters. The molecule has 0 aliphatic carbocycles. The molecule has 0 radical (unpaired) electrons. The number of halogens is 2. The number of nitrogens with zero attached hydrogens (tertiary/aromatic N) is 2. The van der Waals surface area contributed by atoms with E-state index in [0.717, 1.165) is 22.6 Å². The Morgan fingerprint density at radius 2 is 1.71 bits per heavy atom. The van der Waals surface area contributed by atoms with Gasteiger partial charge in [-0.3, -0.25) is 4.79 Å². The number of aryl methyl sites for hydroxylation is 1. The van der Waals surface area contributed by atoms with Crippen LogP contribution < -0.4 is 5.43 Å². The monoisotopic (exact) mass is 457 g/mol. The van der Waals surface area contributed by atoms with Crippen LogP contribution in [-0.4, -0.2) is 29.3 Å². The molecule has 8 heteroatoms. The summed E-state index contributed by atoms with van der Waals surface area (Å²) >= 11 is 11.8. The van der Waals surface area contributed by atoms with E-state index in [1.165, 1.54) is 6.07 Å². The van der Waals surface area contributed by atoms with Gasteiger partial charge in [-0.2, -0.15) is 5.10 Å². The number of benzene rings is 2. The Kier molecular flexibility index (Phi) is 7.15. The Hall–Kier alpha value is -3.09. The summed E-state index contributed by atoms with van der Waals surface area (Å²) in [4.78, 5) is 24.1. The lowest BCUT2D eigenvalue weighted by Crippen LogP contribution is -2.17. The average molecular weight is 458 g/mol. The van der Waals surface area contributed by atoms with Crippen LogP contribution in [0.15, 0.2) is 53.6 Å². The molecule has 1 N–H and O–H groups in total. The van der Waals surface area contributed by atoms with Gasteiger partial charge in [-0.15, -0.1) is 0 Å². The van der Waals surface area contributed by atoms with Crippen LogP contribution in [0, 0.1) is 13.8 Å². The molecule has 0 spiro atoms. The number of aromatic nitrogens is 1. The van der Waals surface area contributed by atoms with Gasteiger partial charge in [0, 0.05) is 28.2 Å². The van der Waals surface area contributed by atoms with Crippen molar-refractivity contribution in [3.63, 3.8) is 0 Å². The van der Waals surface area contributed by atoms with Crippen LogP contribution in [0.4, 0.5) is 0 Å². The lowest BCUT2D eigenvalue weighted by Gasteiger charge is -2.10. The number of hydrazone groups is 1. The summed E-state index contributed by atoms with van der Waals surface area (Å²) < 4.78 is 7.06. The zero-order valence-electron chi connectivity index (χ0n) is 17.3. The van der Waals surface area contributed by atoms with Crippen molar-refractivity contribution in [3.8, 4) is 5.69 Å². The zero-order valence-corrected chi connectivity index (χ0v) is 18.8. The van der Waals surface area contributed by atoms with Crippen molar-refractivity contribution in [1.29, 1.82) is 0 Å². The Labute approximate surface area is 190 Å². The average Bonchev–Trinajstić information content (AvgIpc) is 3.03. The number of carbonyl (C=O) groups excluding carboxylic acids is 2. The third-order valence-electron chi connectivity index (χ3n) is 4.66. The Morgan fingerprint density at radius 1 is 1.03 bits per heavy atom. The fraction of sp³-hybridized carbons (Fsp3) is 0.174. The van der Waals surface area contributed by atoms with Gasteiger partial charge in [-0.25, -0.2) is 10.2 Å². The predicted octanol–water partition coefficient (Wildman–Crippen LogP) is 5.34. The second-order valence-corrected chi connectivity index (χ2v) is 7.57. The highest BCUT2D eigenvalue weighted by molar-refractivity contribution is 6.42. The smallest absolute Gasteiger partial charge is 0.338 e. The number of amides is 1. The van der Waals surface area contributed by atoms with Crippen LogP contribution in [0.1, 0.15) is 44.6 Å². The maximum atomic E-state index is 12.2. The quantitative estimate of drug-likeness (QED) is 0.308. The lowest BCUT2D eigenvalue weighted by atomic mass is 10.2. The van der Waals surface area contributed by atoms with Gasteiger partial charge >= 0.3 is 5.97 Å². The van der Waals surface area contributed by atoms with Crippen LogP contribution in [0.2, 0.25) is 10.0 Å². The van der Waals surface area contributed by atoms with Gasteiger partial charge in [0.2, 0.25) is 0 Å². The van der Waals surface area contributed by atoms with Gasteiger partial charge in [0.05, 0.1) is 28.4 Å². The maximum Gasteiger partial charge on any atom is 0.338 e. The van der Waals surface area contributed by atoms with Crippen LogP contribution in [0.5, 0.6) is 0 Å². The van der Waals surface area contributed by atoms with Crippen LogP contribution in [-0.2, 0) is 4.74 Å². The summed E-state index contributed by atoms with van der Waals surface area (Å²) in [6, 6.07) is 13.8. The van der Waals surface area contributed by atoms with Gasteiger partial charge in [0.15, 0.2) is 0 Å². The molecule has 3 aromatic rings. The number of esters is 1. The molecule has 6 nitrogen and oxygen atoms in total. The van der Waals surface area contributed by atoms with E-state index in [1.54, 1.807) is 37.4 Å². The standard InChI is InChI=1S/C23H21Cl2N3O3/c1-4-31-23(30)16-5-8-19(9-6-16)28-14(2)11-18(15(28)3)13-26-27-22(29)17-7-10-20(24)21(25)12-17/h5-13H,4H2,1-3H3,(H,27,29)/b26-13-. The van der Waals surface area contributed by atoms with Gasteiger partial charge in [0.25, 0.3) is 5.91 Å². The second kappa shape index (κ2) is 9.81. The first-order valence-corrected chi connectivity index (χ1v) is 10.3. The molecular weight excluding hydrogens is 437 g/mol. The van der Waals surface area contributed by atoms with Crippen LogP contribution in [0.3, 0.4) is 0 Å². The van der Waals surface area contributed by atoms with Gasteiger partial charge in [-0.1, -0.05) is 23.2 Å². The Bertz CT molecular complexity index is 1150. The van der Waals surface area contributed by atoms with Crippen LogP contribution in [0.25, 0.3) is 5.69 Å². The minimum Gasteiger partial charge on any atom is -0.462 e. The molecule has 0 saturated heterocycles. The van der Waals surface area contributed by atoms with Crippen molar-refractivity contribution in [3.05, 3.63) is 86.7 Å². The molecule has 1 heterocycles. The van der Waals surface area contributed by atoms with Crippen molar-refractivity contribution < 1.29 is 14.3 Å². The Balaban J connectivity index is 1.75. The van der Waals surface area contributed by atoms with E-state index in [2.05, 4.69) is 10.5 Å². The zero-order chi connectivity index (χ0) is 22.5. The summed E-state index contributed by atoms with van der Waals surface area (Å²) in [5, 5.41) is 4.74. The van der Waals surface area contributed by atoms with Gasteiger partial charge < -0.3 is 9.30 Å². The number of ether oxygens (including phenoxy) is 1. The van der Waals surface area contributed by atoms with E-state index in [1.807, 2.05) is 36.6 Å². The molecule has 160 valence electrons. The van der Waals surface area contributed by atoms with Gasteiger partial charge in [-0.05, 0) is 69.3 Å². The molecule has 0 aliphatic heterocycles. The molecule has 0 bridgehead atoms. The molecule has 31 heavy (non-hydrogen) atoms. The molecule has 0 saturated carbocycles. The van der Waals surface area contributed by atoms with E-state index in [-0.39, 0.29) is 5.97 Å². The van der Waals surface area contributed by atoms with E-state index in [4.69, 9.17) is 27.9 Å². The summed E-state index contributed by atoms with van der Waals surface area (Å²) in [7, 11) is 0. The molecule has 0 aliphatic rings. The molecular formula is C23H21Cl2N3O3. The number of carbonyl (C=O) groups is 2. The third kappa shape index (κ3) is 5.16. The van der Waals surface area contributed by atoms with E-state index in [9.17, 15) is 9.59 Å². The summed E-state index contributed by atoms with van der Waals surface area (Å²) in [6.45, 7) is 6.03. The van der Waals surface area contributed by atoms with Crippen molar-refractivity contribution >= 4 is 41.3 Å². The van der Waals surface area contributed by atoms with E-state index < -0.39 is 5.91 Å². The number of hydrogen-bond acceptors (Lipinski definition) is 4. The molecule has 0 atom stereocenters. The molecule has 1 aromatic heterocycles. The maximum absolute atomic E-state index is 12.2. The SMILES string of the molecule is CCOC(=O)c1ccc(-n2c(C)cc(/C=N\NC(=O)c3ccc(Cl)c(Cl)c3)c2C)cc1. The van der Waals surface area contributed by atoms with Crippen molar-refractivity contribution in [2.24, 2.45) is 5.10 Å². The first-order valence-electron chi connectivity index (χ1n) is 9.56. The number of hydrogen-bond donors (Lipinski definition) is 1. The molecule has 0 fully saturated rings. The summed E-state index contributed by atoms with van der Waals surface area (Å²) in [6.07, 6.45) is 1.58. The fourth-order valence-electron chi connectivity index (χ4n) is 3.14. The third-order valence-corrected chi connectivity index (χ3v) is 5.40. The molecule has 1 amide bonds. The summed E-state index contributed by atoms with van der Waals surface area (Å²) in [5.74, 6) is -0.737. The lowest BCUT2D eigenvalue weighted by molar-refractivity contribution is 0.0526. The Morgan fingerprint density at radius 3 is 2.35 bits per heavy atom. The van der Waals surface area contributed by atoms with Crippen molar-refractivity contribution in [1.82, 2.24) is 9.99 Å². The first-order chi connectivity index (χ1) is 14.8. The van der Waals surface area contributed by atoms with Crippen molar-refractivity contribution in [2.75, 3.05) is 6.61 Å². The van der Waals surface area contributed by atoms with Gasteiger partial charge in [0.1, 0.15) is 0 Å². The fourth-order valence-corrected chi connectivity index (χ4v) is 3.44. The number of nitrogens with one attached hydrogen (secondary N) is 1. The largest absolute Gasteiger partial charge is 0.462 e.